The SMILES string of the molecule is CC(C)CCCc1ccc(OC(F)F)cc1. The van der Waals surface area contributed by atoms with E-state index in [2.05, 4.69) is 18.6 Å². The van der Waals surface area contributed by atoms with Crippen LogP contribution < -0.4 is 4.74 Å². The second-order valence-electron chi connectivity index (χ2n) is 4.31. The van der Waals surface area contributed by atoms with Crippen LogP contribution in [0, 0.1) is 5.92 Å². The molecule has 0 aromatic heterocycles. The Balaban J connectivity index is 2.39. The van der Waals surface area contributed by atoms with Crippen molar-refractivity contribution in [2.24, 2.45) is 5.92 Å². The summed E-state index contributed by atoms with van der Waals surface area (Å²) in [4.78, 5) is 0. The first-order valence-corrected chi connectivity index (χ1v) is 5.61. The molecule has 0 saturated carbocycles. The van der Waals surface area contributed by atoms with E-state index in [9.17, 15) is 8.78 Å². The molecule has 1 rings (SSSR count). The third-order valence-corrected chi connectivity index (χ3v) is 2.40. The number of hydrogen-bond donors (Lipinski definition) is 0. The minimum Gasteiger partial charge on any atom is -0.435 e. The van der Waals surface area contributed by atoms with Crippen LogP contribution in [0.15, 0.2) is 24.3 Å². The van der Waals surface area contributed by atoms with Crippen molar-refractivity contribution >= 4 is 0 Å². The van der Waals surface area contributed by atoms with Gasteiger partial charge in [-0.2, -0.15) is 8.78 Å². The van der Waals surface area contributed by atoms with Crippen LogP contribution in [-0.2, 0) is 6.42 Å². The lowest BCUT2D eigenvalue weighted by Crippen LogP contribution is -2.01. The molecule has 0 radical (unpaired) electrons. The molecule has 0 fully saturated rings. The van der Waals surface area contributed by atoms with E-state index in [0.29, 0.717) is 5.92 Å². The first-order valence-electron chi connectivity index (χ1n) is 5.61. The van der Waals surface area contributed by atoms with Gasteiger partial charge in [0.1, 0.15) is 5.75 Å². The van der Waals surface area contributed by atoms with E-state index in [1.165, 1.54) is 12.0 Å². The quantitative estimate of drug-likeness (QED) is 0.706. The number of halogens is 2. The Labute approximate surface area is 95.4 Å². The van der Waals surface area contributed by atoms with Crippen LogP contribution >= 0.6 is 0 Å². The van der Waals surface area contributed by atoms with Crippen LogP contribution in [0.4, 0.5) is 8.78 Å². The van der Waals surface area contributed by atoms with Gasteiger partial charge in [0.05, 0.1) is 0 Å². The van der Waals surface area contributed by atoms with Crippen LogP contribution in [-0.4, -0.2) is 6.61 Å². The second-order valence-corrected chi connectivity index (χ2v) is 4.31. The Morgan fingerprint density at radius 2 is 1.75 bits per heavy atom. The summed E-state index contributed by atoms with van der Waals surface area (Å²) >= 11 is 0. The Morgan fingerprint density at radius 1 is 1.12 bits per heavy atom. The van der Waals surface area contributed by atoms with Gasteiger partial charge in [0, 0.05) is 0 Å². The zero-order valence-corrected chi connectivity index (χ0v) is 9.75. The highest BCUT2D eigenvalue weighted by atomic mass is 19.3. The molecule has 3 heteroatoms. The van der Waals surface area contributed by atoms with E-state index in [-0.39, 0.29) is 5.75 Å². The van der Waals surface area contributed by atoms with Crippen molar-refractivity contribution in [1.82, 2.24) is 0 Å². The Morgan fingerprint density at radius 3 is 2.25 bits per heavy atom. The fourth-order valence-corrected chi connectivity index (χ4v) is 1.55. The molecule has 0 heterocycles. The molecule has 0 atom stereocenters. The van der Waals surface area contributed by atoms with Crippen molar-refractivity contribution in [3.63, 3.8) is 0 Å². The fraction of sp³-hybridized carbons (Fsp3) is 0.538. The third-order valence-electron chi connectivity index (χ3n) is 2.40. The highest BCUT2D eigenvalue weighted by molar-refractivity contribution is 5.27. The lowest BCUT2D eigenvalue weighted by Gasteiger charge is -2.06. The van der Waals surface area contributed by atoms with Gasteiger partial charge < -0.3 is 4.74 Å². The molecule has 0 aliphatic heterocycles. The summed E-state index contributed by atoms with van der Waals surface area (Å²) < 4.78 is 28.1. The molecule has 0 saturated heterocycles. The predicted molar refractivity (Wildman–Crippen MR) is 60.9 cm³/mol. The summed E-state index contributed by atoms with van der Waals surface area (Å²) in [5.41, 5.74) is 1.17. The summed E-state index contributed by atoms with van der Waals surface area (Å²) in [6.45, 7) is 1.64. The summed E-state index contributed by atoms with van der Waals surface area (Å²) in [6, 6.07) is 6.88. The van der Waals surface area contributed by atoms with Gasteiger partial charge in [0.2, 0.25) is 0 Å². The van der Waals surface area contributed by atoms with Crippen molar-refractivity contribution < 1.29 is 13.5 Å². The molecular weight excluding hydrogens is 210 g/mol. The number of hydrogen-bond acceptors (Lipinski definition) is 1. The predicted octanol–water partition coefficient (Wildman–Crippen LogP) is 4.27. The zero-order valence-electron chi connectivity index (χ0n) is 9.75. The lowest BCUT2D eigenvalue weighted by molar-refractivity contribution is -0.0498. The average molecular weight is 228 g/mol. The molecule has 0 unspecified atom stereocenters. The molecule has 0 bridgehead atoms. The summed E-state index contributed by atoms with van der Waals surface area (Å²) in [5.74, 6) is 0.934. The van der Waals surface area contributed by atoms with Gasteiger partial charge in [0.25, 0.3) is 0 Å². The summed E-state index contributed by atoms with van der Waals surface area (Å²) in [6.07, 6.45) is 3.31. The third kappa shape index (κ3) is 5.10. The van der Waals surface area contributed by atoms with Crippen LogP contribution in [0.3, 0.4) is 0 Å². The van der Waals surface area contributed by atoms with Gasteiger partial charge in [-0.15, -0.1) is 0 Å². The number of alkyl halides is 2. The standard InChI is InChI=1S/C13H18F2O/c1-10(2)4-3-5-11-6-8-12(9-7-11)16-13(14)15/h6-10,13H,3-5H2,1-2H3. The number of aryl methyl sites for hydroxylation is 1. The van der Waals surface area contributed by atoms with Gasteiger partial charge in [-0.25, -0.2) is 0 Å². The molecule has 0 spiro atoms. The molecule has 0 amide bonds. The van der Waals surface area contributed by atoms with Crippen LogP contribution in [0.1, 0.15) is 32.3 Å². The van der Waals surface area contributed by atoms with E-state index in [1.807, 2.05) is 12.1 Å². The Bertz CT molecular complexity index is 293. The van der Waals surface area contributed by atoms with Crippen molar-refractivity contribution in [1.29, 1.82) is 0 Å². The minimum absolute atomic E-state index is 0.225. The highest BCUT2D eigenvalue weighted by Crippen LogP contribution is 2.16. The van der Waals surface area contributed by atoms with Gasteiger partial charge in [-0.3, -0.25) is 0 Å². The van der Waals surface area contributed by atoms with E-state index < -0.39 is 6.61 Å². The lowest BCUT2D eigenvalue weighted by atomic mass is 10.0. The van der Waals surface area contributed by atoms with Crippen molar-refractivity contribution in [3.05, 3.63) is 29.8 Å². The van der Waals surface area contributed by atoms with Crippen molar-refractivity contribution in [3.8, 4) is 5.75 Å². The normalized spacial score (nSPS) is 11.1. The van der Waals surface area contributed by atoms with Crippen LogP contribution in [0.2, 0.25) is 0 Å². The topological polar surface area (TPSA) is 9.23 Å². The smallest absolute Gasteiger partial charge is 0.387 e. The molecule has 1 aromatic carbocycles. The van der Waals surface area contributed by atoms with E-state index >= 15 is 0 Å². The average Bonchev–Trinajstić information content (AvgIpc) is 2.19. The molecule has 1 aromatic rings. The van der Waals surface area contributed by atoms with Gasteiger partial charge in [-0.1, -0.05) is 32.4 Å². The molecule has 1 nitrogen and oxygen atoms in total. The van der Waals surface area contributed by atoms with Crippen molar-refractivity contribution in [2.45, 2.75) is 39.7 Å². The molecule has 0 N–H and O–H groups in total. The Kier molecular flexibility index (Phi) is 5.23. The largest absolute Gasteiger partial charge is 0.435 e. The minimum atomic E-state index is -2.74. The molecule has 16 heavy (non-hydrogen) atoms. The summed E-state index contributed by atoms with van der Waals surface area (Å²) in [7, 11) is 0. The first-order chi connectivity index (χ1) is 7.58. The van der Waals surface area contributed by atoms with Gasteiger partial charge in [0.15, 0.2) is 0 Å². The first kappa shape index (κ1) is 12.9. The van der Waals surface area contributed by atoms with Gasteiger partial charge in [-0.05, 0) is 36.5 Å². The maximum Gasteiger partial charge on any atom is 0.387 e. The highest BCUT2D eigenvalue weighted by Gasteiger charge is 2.03. The number of rotatable bonds is 6. The molecule has 0 aliphatic rings. The van der Waals surface area contributed by atoms with Crippen LogP contribution in [0.5, 0.6) is 5.75 Å². The monoisotopic (exact) mass is 228 g/mol. The van der Waals surface area contributed by atoms with E-state index in [1.54, 1.807) is 12.1 Å². The van der Waals surface area contributed by atoms with E-state index in [4.69, 9.17) is 0 Å². The number of benzene rings is 1. The molecule has 0 aliphatic carbocycles. The van der Waals surface area contributed by atoms with Gasteiger partial charge >= 0.3 is 6.61 Å². The summed E-state index contributed by atoms with van der Waals surface area (Å²) in [5, 5.41) is 0. The zero-order chi connectivity index (χ0) is 12.0. The fourth-order valence-electron chi connectivity index (χ4n) is 1.55. The van der Waals surface area contributed by atoms with Crippen molar-refractivity contribution in [2.75, 3.05) is 0 Å². The van der Waals surface area contributed by atoms with E-state index in [0.717, 1.165) is 12.8 Å². The maximum atomic E-state index is 11.9. The van der Waals surface area contributed by atoms with Crippen LogP contribution in [0.25, 0.3) is 0 Å². The Hall–Kier alpha value is -1.12. The second kappa shape index (κ2) is 6.46. The number of ether oxygens (including phenoxy) is 1. The molecular formula is C13H18F2O. The molecule has 90 valence electrons. The maximum absolute atomic E-state index is 11.9.